The summed E-state index contributed by atoms with van der Waals surface area (Å²) in [5, 5.41) is 39.8. The van der Waals surface area contributed by atoms with Crippen LogP contribution in [0.4, 0.5) is 5.13 Å². The average Bonchev–Trinajstić information content (AvgIpc) is 3.55. The van der Waals surface area contributed by atoms with Crippen molar-refractivity contribution >= 4 is 75.3 Å². The number of tetrazole rings is 1. The van der Waals surface area contributed by atoms with E-state index in [9.17, 15) is 24.3 Å². The predicted molar refractivity (Wildman–Crippen MR) is 133 cm³/mol. The molecule has 21 heteroatoms. The summed E-state index contributed by atoms with van der Waals surface area (Å²) in [6.07, 6.45) is 0. The first-order valence-corrected chi connectivity index (χ1v) is 13.4. The zero-order valence-corrected chi connectivity index (χ0v) is 21.6. The zero-order chi connectivity index (χ0) is 27.7. The summed E-state index contributed by atoms with van der Waals surface area (Å²) in [4.78, 5) is 58.5. The fourth-order valence-electron chi connectivity index (χ4n) is 3.54. The molecule has 0 aliphatic carbocycles. The SMILES string of the molecule is Nc1nc(C(=NOCC(=O)O)C(=O)NC2C(=O)N3C(C(=O)O)=C(CSc4ccc5nnnn5n4)CS[C@H]23)ns1. The number of β-lactam (4-membered cyclic amide) rings is 1. The lowest BCUT2D eigenvalue weighted by Gasteiger charge is -2.49. The van der Waals surface area contributed by atoms with Crippen LogP contribution in [0.2, 0.25) is 0 Å². The second-order valence-electron chi connectivity index (χ2n) is 7.67. The Balaban J connectivity index is 1.30. The number of fused-ring (bicyclic) bond motifs is 2. The van der Waals surface area contributed by atoms with Gasteiger partial charge in [-0.15, -0.1) is 38.4 Å². The molecule has 39 heavy (non-hydrogen) atoms. The van der Waals surface area contributed by atoms with Crippen molar-refractivity contribution in [2.75, 3.05) is 23.8 Å². The van der Waals surface area contributed by atoms with Crippen LogP contribution in [0.5, 0.6) is 0 Å². The van der Waals surface area contributed by atoms with Crippen LogP contribution in [-0.2, 0) is 24.0 Å². The molecular weight excluding hydrogens is 578 g/mol. The number of carboxylic acid groups (broad SMARTS) is 2. The first-order chi connectivity index (χ1) is 18.7. The number of aliphatic carboxylic acids is 2. The van der Waals surface area contributed by atoms with Crippen LogP contribution < -0.4 is 11.1 Å². The van der Waals surface area contributed by atoms with E-state index < -0.39 is 47.5 Å². The maximum atomic E-state index is 13.0. The lowest BCUT2D eigenvalue weighted by atomic mass is 10.0. The number of nitrogens with zero attached hydrogens (tertiary/aromatic N) is 9. The maximum Gasteiger partial charge on any atom is 0.352 e. The zero-order valence-electron chi connectivity index (χ0n) is 19.2. The van der Waals surface area contributed by atoms with E-state index in [0.29, 0.717) is 16.2 Å². The predicted octanol–water partition coefficient (Wildman–Crippen LogP) is -1.71. The Kier molecular flexibility index (Phi) is 7.26. The highest BCUT2D eigenvalue weighted by atomic mass is 32.2. The van der Waals surface area contributed by atoms with Gasteiger partial charge in [-0.25, -0.2) is 9.59 Å². The van der Waals surface area contributed by atoms with Crippen molar-refractivity contribution in [1.29, 1.82) is 0 Å². The second kappa shape index (κ2) is 10.8. The van der Waals surface area contributed by atoms with E-state index in [1.165, 1.54) is 28.2 Å². The number of thioether (sulfide) groups is 2. The number of carbonyl (C=O) groups is 4. The topological polar surface area (TPSA) is 253 Å². The first-order valence-electron chi connectivity index (χ1n) is 10.6. The number of anilines is 1. The van der Waals surface area contributed by atoms with Crippen molar-refractivity contribution < 1.29 is 34.2 Å². The number of nitrogens with one attached hydrogen (secondary N) is 1. The lowest BCUT2D eigenvalue weighted by Crippen LogP contribution is -2.71. The molecule has 202 valence electrons. The van der Waals surface area contributed by atoms with Crippen molar-refractivity contribution in [3.05, 3.63) is 29.2 Å². The van der Waals surface area contributed by atoms with Crippen LogP contribution >= 0.6 is 35.1 Å². The van der Waals surface area contributed by atoms with Gasteiger partial charge in [-0.2, -0.15) is 9.36 Å². The molecule has 1 unspecified atom stereocenters. The Morgan fingerprint density at radius 3 is 2.85 bits per heavy atom. The molecule has 1 fully saturated rings. The largest absolute Gasteiger partial charge is 0.479 e. The van der Waals surface area contributed by atoms with Gasteiger partial charge >= 0.3 is 11.9 Å². The van der Waals surface area contributed by atoms with E-state index in [0.717, 1.165) is 16.4 Å². The Morgan fingerprint density at radius 2 is 2.13 bits per heavy atom. The second-order valence-corrected chi connectivity index (χ2v) is 10.6. The number of aromatic nitrogens is 7. The molecular formula is C18H15N11O7S3. The summed E-state index contributed by atoms with van der Waals surface area (Å²) in [5.41, 5.74) is 5.85. The number of oxime groups is 1. The van der Waals surface area contributed by atoms with Crippen molar-refractivity contribution in [1.82, 2.24) is 44.8 Å². The number of carboxylic acids is 2. The Hall–Kier alpha value is -4.37. The molecule has 5 rings (SSSR count). The molecule has 2 amide bonds. The minimum atomic E-state index is -1.33. The highest BCUT2D eigenvalue weighted by Crippen LogP contribution is 2.41. The van der Waals surface area contributed by atoms with Gasteiger partial charge in [-0.1, -0.05) is 5.16 Å². The summed E-state index contributed by atoms with van der Waals surface area (Å²) >= 11 is 3.29. The van der Waals surface area contributed by atoms with E-state index in [2.05, 4.69) is 45.3 Å². The molecule has 2 aliphatic rings. The lowest BCUT2D eigenvalue weighted by molar-refractivity contribution is -0.150. The van der Waals surface area contributed by atoms with Gasteiger partial charge in [-0.05, 0) is 28.1 Å². The standard InChI is InChI=1S/C18H15N11O7S3/c19-18-21-13(25-39-18)10(24-36-3-9(30)31)14(32)20-11-15(33)28-12(17(34)35)6(5-38-16(11)28)4-37-8-2-1-7-22-26-27-29(7)23-8/h1-2,11,16H,3-5H2,(H,20,32)(H,30,31)(H,34,35)(H2,19,21,25)/t11?,16-/m1/s1. The normalized spacial score (nSPS) is 19.0. The van der Waals surface area contributed by atoms with Gasteiger partial charge in [0.2, 0.25) is 18.1 Å². The van der Waals surface area contributed by atoms with Crippen LogP contribution in [0.15, 0.2) is 33.6 Å². The van der Waals surface area contributed by atoms with Crippen molar-refractivity contribution in [3.8, 4) is 0 Å². The molecule has 0 saturated carbocycles. The summed E-state index contributed by atoms with van der Waals surface area (Å²) in [5.74, 6) is -3.91. The molecule has 5 N–H and O–H groups in total. The smallest absolute Gasteiger partial charge is 0.352 e. The molecule has 0 aromatic carbocycles. The third-order valence-electron chi connectivity index (χ3n) is 5.19. The summed E-state index contributed by atoms with van der Waals surface area (Å²) in [6.45, 7) is -0.836. The Morgan fingerprint density at radius 1 is 1.31 bits per heavy atom. The van der Waals surface area contributed by atoms with Gasteiger partial charge in [0, 0.05) is 23.0 Å². The van der Waals surface area contributed by atoms with Crippen LogP contribution in [0, 0.1) is 0 Å². The molecule has 2 atom stereocenters. The minimum absolute atomic E-state index is 0.0205. The van der Waals surface area contributed by atoms with Gasteiger partial charge in [0.1, 0.15) is 22.1 Å². The van der Waals surface area contributed by atoms with Gasteiger partial charge in [0.05, 0.1) is 0 Å². The number of hydrogen-bond acceptors (Lipinski definition) is 16. The van der Waals surface area contributed by atoms with E-state index >= 15 is 0 Å². The van der Waals surface area contributed by atoms with Crippen LogP contribution in [0.1, 0.15) is 5.82 Å². The fraction of sp³-hybridized carbons (Fsp3) is 0.278. The van der Waals surface area contributed by atoms with Gasteiger partial charge < -0.3 is 26.1 Å². The maximum absolute atomic E-state index is 13.0. The summed E-state index contributed by atoms with van der Waals surface area (Å²) < 4.78 is 5.11. The van der Waals surface area contributed by atoms with Gasteiger partial charge in [0.15, 0.2) is 10.8 Å². The highest BCUT2D eigenvalue weighted by molar-refractivity contribution is 8.01. The number of nitrogen functional groups attached to an aromatic ring is 1. The molecule has 18 nitrogen and oxygen atoms in total. The molecule has 5 heterocycles. The van der Waals surface area contributed by atoms with E-state index in [-0.39, 0.29) is 28.2 Å². The summed E-state index contributed by atoms with van der Waals surface area (Å²) in [7, 11) is 0. The minimum Gasteiger partial charge on any atom is -0.479 e. The first kappa shape index (κ1) is 26.2. The molecule has 0 spiro atoms. The number of hydrogen-bond donors (Lipinski definition) is 4. The van der Waals surface area contributed by atoms with Crippen molar-refractivity contribution in [2.45, 2.75) is 16.4 Å². The van der Waals surface area contributed by atoms with E-state index in [4.69, 9.17) is 10.8 Å². The third kappa shape index (κ3) is 5.31. The average molecular weight is 594 g/mol. The van der Waals surface area contributed by atoms with Gasteiger partial charge in [-0.3, -0.25) is 14.5 Å². The molecule has 1 saturated heterocycles. The van der Waals surface area contributed by atoms with E-state index in [1.54, 1.807) is 12.1 Å². The Labute approximate surface area is 228 Å². The summed E-state index contributed by atoms with van der Waals surface area (Å²) in [6, 6.07) is 2.27. The number of amides is 2. The van der Waals surface area contributed by atoms with Crippen LogP contribution in [0.25, 0.3) is 5.65 Å². The highest BCUT2D eigenvalue weighted by Gasteiger charge is 2.54. The molecule has 2 aliphatic heterocycles. The fourth-order valence-corrected chi connectivity index (χ4v) is 6.31. The van der Waals surface area contributed by atoms with Crippen molar-refractivity contribution in [3.63, 3.8) is 0 Å². The molecule has 0 bridgehead atoms. The van der Waals surface area contributed by atoms with Crippen LogP contribution in [0.3, 0.4) is 0 Å². The molecule has 3 aromatic rings. The monoisotopic (exact) mass is 593 g/mol. The third-order valence-corrected chi connectivity index (χ3v) is 8.08. The van der Waals surface area contributed by atoms with Gasteiger partial charge in [0.25, 0.3) is 11.8 Å². The van der Waals surface area contributed by atoms with Crippen LogP contribution in [-0.4, -0.2) is 109 Å². The quantitative estimate of drug-likeness (QED) is 0.0883. The number of carbonyl (C=O) groups excluding carboxylic acids is 2. The van der Waals surface area contributed by atoms with Crippen molar-refractivity contribution in [2.24, 2.45) is 5.16 Å². The molecule has 3 aromatic heterocycles. The molecule has 0 radical (unpaired) electrons. The number of nitrogens with two attached hydrogens (primary N) is 1. The van der Waals surface area contributed by atoms with E-state index in [1.807, 2.05) is 0 Å². The Bertz CT molecular complexity index is 1550. The number of rotatable bonds is 10.